The van der Waals surface area contributed by atoms with Crippen LogP contribution in [-0.4, -0.2) is 68.8 Å². The molecule has 1 fully saturated rings. The number of thiophene rings is 1. The summed E-state index contributed by atoms with van der Waals surface area (Å²) < 4.78 is 28.2. The normalized spacial score (nSPS) is 17.2. The number of aliphatic hydroxyl groups is 1. The highest BCUT2D eigenvalue weighted by Crippen LogP contribution is 2.34. The topological polar surface area (TPSA) is 82.4 Å². The van der Waals surface area contributed by atoms with Crippen molar-refractivity contribution in [2.75, 3.05) is 40.3 Å². The van der Waals surface area contributed by atoms with Gasteiger partial charge in [0.25, 0.3) is 10.0 Å². The number of likely N-dealkylation sites (tertiary alicyclic amines) is 1. The lowest BCUT2D eigenvalue weighted by atomic mass is 9.84. The average Bonchev–Trinajstić information content (AvgIpc) is 3.39. The number of hydrogen-bond donors (Lipinski definition) is 1. The molecule has 1 aliphatic rings. The number of rotatable bonds is 11. The minimum atomic E-state index is -3.71. The van der Waals surface area contributed by atoms with Crippen molar-refractivity contribution in [3.63, 3.8) is 0 Å². The lowest BCUT2D eigenvalue weighted by Gasteiger charge is -2.39. The largest absolute Gasteiger partial charge is 0.399 e. The van der Waals surface area contributed by atoms with E-state index in [0.717, 1.165) is 35.6 Å². The van der Waals surface area contributed by atoms with Crippen molar-refractivity contribution >= 4 is 50.3 Å². The maximum Gasteiger partial charge on any atom is 0.252 e. The van der Waals surface area contributed by atoms with Crippen molar-refractivity contribution in [2.45, 2.75) is 41.9 Å². The van der Waals surface area contributed by atoms with Gasteiger partial charge in [-0.15, -0.1) is 11.3 Å². The molecule has 0 aliphatic carbocycles. The molecule has 0 amide bonds. The van der Waals surface area contributed by atoms with E-state index in [4.69, 9.17) is 28.0 Å². The van der Waals surface area contributed by atoms with Gasteiger partial charge in [-0.3, -0.25) is 0 Å². The molecule has 4 rings (SSSR count). The van der Waals surface area contributed by atoms with Crippen LogP contribution in [0.3, 0.4) is 0 Å². The third-order valence-electron chi connectivity index (χ3n) is 7.45. The van der Waals surface area contributed by atoms with Crippen LogP contribution in [0.2, 0.25) is 10.0 Å². The van der Waals surface area contributed by atoms with Gasteiger partial charge in [-0.2, -0.15) is 4.31 Å². The minimum absolute atomic E-state index is 0.0474. The van der Waals surface area contributed by atoms with Crippen LogP contribution in [0.25, 0.3) is 0 Å². The van der Waals surface area contributed by atoms with Crippen molar-refractivity contribution in [1.82, 2.24) is 9.21 Å². The molecule has 7 nitrogen and oxygen atoms in total. The number of oxime groups is 1. The molecular weight excluding hydrogens is 589 g/mol. The van der Waals surface area contributed by atoms with Gasteiger partial charge < -0.3 is 14.8 Å². The second-order valence-electron chi connectivity index (χ2n) is 10.1. The maximum absolute atomic E-state index is 13.3. The van der Waals surface area contributed by atoms with Crippen molar-refractivity contribution in [1.29, 1.82) is 0 Å². The second kappa shape index (κ2) is 13.3. The lowest BCUT2D eigenvalue weighted by Crippen LogP contribution is -2.43. The van der Waals surface area contributed by atoms with Crippen LogP contribution in [0.15, 0.2) is 70.0 Å². The maximum atomic E-state index is 13.3. The molecule has 2 heterocycles. The fraction of sp³-hybridized carbons (Fsp3) is 0.414. The molecule has 1 aromatic heterocycles. The zero-order chi connectivity index (χ0) is 28.9. The summed E-state index contributed by atoms with van der Waals surface area (Å²) in [5.74, 6) is -0.271. The third kappa shape index (κ3) is 7.26. The van der Waals surface area contributed by atoms with E-state index < -0.39 is 15.6 Å². The summed E-state index contributed by atoms with van der Waals surface area (Å²) >= 11 is 13.8. The van der Waals surface area contributed by atoms with Crippen molar-refractivity contribution in [3.8, 4) is 0 Å². The van der Waals surface area contributed by atoms with Gasteiger partial charge in [-0.1, -0.05) is 64.8 Å². The lowest BCUT2D eigenvalue weighted by molar-refractivity contribution is -0.0261. The molecular formula is C29H35Cl2N3O4S2. The minimum Gasteiger partial charge on any atom is -0.399 e. The van der Waals surface area contributed by atoms with E-state index in [2.05, 4.69) is 10.1 Å². The van der Waals surface area contributed by atoms with Crippen LogP contribution >= 0.6 is 34.5 Å². The molecule has 1 unspecified atom stereocenters. The van der Waals surface area contributed by atoms with Gasteiger partial charge in [-0.05, 0) is 68.1 Å². The van der Waals surface area contributed by atoms with Crippen molar-refractivity contribution < 1.29 is 18.4 Å². The van der Waals surface area contributed by atoms with Gasteiger partial charge >= 0.3 is 0 Å². The molecule has 0 bridgehead atoms. The van der Waals surface area contributed by atoms with E-state index in [0.29, 0.717) is 35.0 Å². The molecule has 40 heavy (non-hydrogen) atoms. The second-order valence-corrected chi connectivity index (χ2v) is 14.5. The Bertz CT molecular complexity index is 1420. The third-order valence-corrected chi connectivity index (χ3v) is 11.5. The van der Waals surface area contributed by atoms with Crippen molar-refractivity contribution in [3.05, 3.63) is 86.7 Å². The first-order valence-corrected chi connectivity index (χ1v) is 16.1. The summed E-state index contributed by atoms with van der Waals surface area (Å²) in [5.41, 5.74) is 1.56. The fourth-order valence-corrected chi connectivity index (χ4v) is 8.03. The molecule has 0 radical (unpaired) electrons. The molecule has 2 aromatic carbocycles. The first kappa shape index (κ1) is 31.0. The summed E-state index contributed by atoms with van der Waals surface area (Å²) in [5, 5.41) is 16.4. The first-order chi connectivity index (χ1) is 19.0. The highest BCUT2D eigenvalue weighted by atomic mass is 35.5. The molecule has 1 aliphatic heterocycles. The number of nitrogens with zero attached hydrogens (tertiary/aromatic N) is 3. The van der Waals surface area contributed by atoms with Gasteiger partial charge in [0.1, 0.15) is 11.3 Å². The summed E-state index contributed by atoms with van der Waals surface area (Å²) in [6, 6.07) is 18.7. The summed E-state index contributed by atoms with van der Waals surface area (Å²) in [6.07, 6.45) is 1.92. The molecule has 216 valence electrons. The number of hydrogen-bond acceptors (Lipinski definition) is 7. The van der Waals surface area contributed by atoms with Gasteiger partial charge in [0.05, 0.1) is 27.9 Å². The number of piperidine rings is 1. The van der Waals surface area contributed by atoms with E-state index in [-0.39, 0.29) is 16.7 Å². The summed E-state index contributed by atoms with van der Waals surface area (Å²) in [6.45, 7) is 4.12. The summed E-state index contributed by atoms with van der Waals surface area (Å²) in [4.78, 5) is 8.46. The molecule has 1 atom stereocenters. The highest BCUT2D eigenvalue weighted by Gasteiger charge is 2.34. The Morgan fingerprint density at radius 3 is 2.42 bits per heavy atom. The monoisotopic (exact) mass is 623 g/mol. The van der Waals surface area contributed by atoms with Crippen LogP contribution < -0.4 is 0 Å². The fourth-order valence-electron chi connectivity index (χ4n) is 5.09. The Balaban J connectivity index is 1.53. The van der Waals surface area contributed by atoms with Crippen LogP contribution in [0, 0.1) is 6.92 Å². The zero-order valence-corrected chi connectivity index (χ0v) is 26.0. The SMILES string of the molecule is CO/N=C(/CN(C)S(=O)(=O)c1ccc(C)s1)C(CCN1CCC(O)(c2ccccc2)CC1)c1ccc(Cl)c(Cl)c1. The Labute approximate surface area is 251 Å². The summed E-state index contributed by atoms with van der Waals surface area (Å²) in [7, 11) is -0.698. The molecule has 1 saturated heterocycles. The quantitative estimate of drug-likeness (QED) is 0.205. The zero-order valence-electron chi connectivity index (χ0n) is 22.9. The Morgan fingerprint density at radius 1 is 1.12 bits per heavy atom. The van der Waals surface area contributed by atoms with Gasteiger partial charge in [0.2, 0.25) is 0 Å². The van der Waals surface area contributed by atoms with Gasteiger partial charge in [0, 0.05) is 30.9 Å². The van der Waals surface area contributed by atoms with E-state index in [1.54, 1.807) is 31.3 Å². The number of halogens is 2. The highest BCUT2D eigenvalue weighted by molar-refractivity contribution is 7.91. The average molecular weight is 625 g/mol. The van der Waals surface area contributed by atoms with Crippen LogP contribution in [0.5, 0.6) is 0 Å². The van der Waals surface area contributed by atoms with Crippen LogP contribution in [0.4, 0.5) is 0 Å². The van der Waals surface area contributed by atoms with E-state index >= 15 is 0 Å². The predicted molar refractivity (Wildman–Crippen MR) is 163 cm³/mol. The Hall–Kier alpha value is -1.98. The van der Waals surface area contributed by atoms with Gasteiger partial charge in [0.15, 0.2) is 0 Å². The first-order valence-electron chi connectivity index (χ1n) is 13.1. The molecule has 1 N–H and O–H groups in total. The van der Waals surface area contributed by atoms with Gasteiger partial charge in [-0.25, -0.2) is 8.42 Å². The van der Waals surface area contributed by atoms with Crippen LogP contribution in [0.1, 0.15) is 41.2 Å². The number of aryl methyl sites for hydroxylation is 1. The standard InChI is InChI=1S/C29H35Cl2N3O4S2/c1-21-9-12-28(39-21)40(36,37)33(2)20-27(32-38-3)24(22-10-11-25(30)26(31)19-22)13-16-34-17-14-29(35,15-18-34)23-7-5-4-6-8-23/h4-12,19,24,35H,13-18,20H2,1-3H3/b32-27-. The molecule has 11 heteroatoms. The Morgan fingerprint density at radius 2 is 1.82 bits per heavy atom. The predicted octanol–water partition coefficient (Wildman–Crippen LogP) is 6.14. The van der Waals surface area contributed by atoms with E-state index in [1.165, 1.54) is 22.8 Å². The molecule has 0 saturated carbocycles. The number of sulfonamides is 1. The smallest absolute Gasteiger partial charge is 0.252 e. The van der Waals surface area contributed by atoms with E-state index in [9.17, 15) is 13.5 Å². The molecule has 3 aromatic rings. The molecule has 0 spiro atoms. The number of benzene rings is 2. The van der Waals surface area contributed by atoms with E-state index in [1.807, 2.05) is 43.3 Å². The van der Waals surface area contributed by atoms with Crippen LogP contribution in [-0.2, 0) is 20.5 Å². The Kier molecular flexibility index (Phi) is 10.3. The van der Waals surface area contributed by atoms with Crippen molar-refractivity contribution in [2.24, 2.45) is 5.16 Å².